The van der Waals surface area contributed by atoms with Crippen LogP contribution >= 0.6 is 0 Å². The van der Waals surface area contributed by atoms with Crippen molar-refractivity contribution in [1.29, 1.82) is 0 Å². The van der Waals surface area contributed by atoms with Crippen LogP contribution in [0.3, 0.4) is 0 Å². The molecule has 0 aliphatic carbocycles. The summed E-state index contributed by atoms with van der Waals surface area (Å²) in [5.41, 5.74) is 6.73. The van der Waals surface area contributed by atoms with E-state index in [1.165, 1.54) is 11.1 Å². The maximum atomic E-state index is 5.19. The molecule has 0 saturated heterocycles. The predicted molar refractivity (Wildman–Crippen MR) is 88.6 cm³/mol. The van der Waals surface area contributed by atoms with E-state index in [0.717, 1.165) is 34.1 Å². The molecule has 0 radical (unpaired) electrons. The van der Waals surface area contributed by atoms with Crippen molar-refractivity contribution in [3.63, 3.8) is 0 Å². The summed E-state index contributed by atoms with van der Waals surface area (Å²) in [7, 11) is 0. The molecule has 0 bridgehead atoms. The topological polar surface area (TPSA) is 41.8 Å². The van der Waals surface area contributed by atoms with Gasteiger partial charge in [-0.25, -0.2) is 4.98 Å². The van der Waals surface area contributed by atoms with Crippen LogP contribution in [0.5, 0.6) is 0 Å². The monoisotopic (exact) mass is 288 g/mol. The van der Waals surface area contributed by atoms with Gasteiger partial charge in [-0.15, -0.1) is 0 Å². The average Bonchev–Trinajstić information content (AvgIpc) is 3.23. The summed E-state index contributed by atoms with van der Waals surface area (Å²) in [6.07, 6.45) is 8.39. The van der Waals surface area contributed by atoms with Crippen LogP contribution in [0.25, 0.3) is 33.3 Å². The minimum atomic E-state index is 0.894. The number of fused-ring (bicyclic) bond motifs is 1. The molecular weight excluding hydrogens is 272 g/mol. The third-order valence-corrected chi connectivity index (χ3v) is 4.06. The van der Waals surface area contributed by atoms with Gasteiger partial charge in [0, 0.05) is 34.5 Å². The Morgan fingerprint density at radius 1 is 1.05 bits per heavy atom. The fourth-order valence-corrected chi connectivity index (χ4v) is 2.75. The molecule has 0 fully saturated rings. The highest BCUT2D eigenvalue weighted by atomic mass is 16.3. The zero-order valence-electron chi connectivity index (χ0n) is 12.3. The second-order valence-electron chi connectivity index (χ2n) is 5.39. The number of pyridine rings is 1. The standard InChI is InChI=1S/C19H16N2O/c1-2-13-3-5-14(6-4-13)16-9-17-18(15-7-8-22-12-15)11-21-19(17)20-10-16/h3-12H,2H2,1H3,(H,20,21). The average molecular weight is 288 g/mol. The fraction of sp³-hybridized carbons (Fsp3) is 0.105. The molecule has 108 valence electrons. The molecule has 0 aliphatic rings. The normalized spacial score (nSPS) is 11.1. The van der Waals surface area contributed by atoms with Gasteiger partial charge in [-0.3, -0.25) is 0 Å². The number of hydrogen-bond acceptors (Lipinski definition) is 2. The molecule has 0 saturated carbocycles. The Hall–Kier alpha value is -2.81. The predicted octanol–water partition coefficient (Wildman–Crippen LogP) is 5.05. The first-order valence-corrected chi connectivity index (χ1v) is 7.44. The van der Waals surface area contributed by atoms with Crippen LogP contribution in [0.2, 0.25) is 0 Å². The van der Waals surface area contributed by atoms with Crippen molar-refractivity contribution < 1.29 is 4.42 Å². The molecule has 0 amide bonds. The Morgan fingerprint density at radius 3 is 2.64 bits per heavy atom. The summed E-state index contributed by atoms with van der Waals surface area (Å²) in [6.45, 7) is 2.17. The highest BCUT2D eigenvalue weighted by Crippen LogP contribution is 2.31. The lowest BCUT2D eigenvalue weighted by Crippen LogP contribution is -1.84. The second kappa shape index (κ2) is 5.19. The zero-order valence-corrected chi connectivity index (χ0v) is 12.3. The van der Waals surface area contributed by atoms with E-state index in [9.17, 15) is 0 Å². The highest BCUT2D eigenvalue weighted by molar-refractivity contribution is 5.95. The summed E-state index contributed by atoms with van der Waals surface area (Å²) in [5, 5.41) is 1.11. The third kappa shape index (κ3) is 2.11. The Labute approximate surface area is 128 Å². The van der Waals surface area contributed by atoms with Crippen molar-refractivity contribution in [2.45, 2.75) is 13.3 Å². The molecule has 3 aromatic heterocycles. The van der Waals surface area contributed by atoms with Gasteiger partial charge in [0.05, 0.1) is 12.5 Å². The molecular formula is C19H16N2O. The lowest BCUT2D eigenvalue weighted by molar-refractivity contribution is 0.568. The van der Waals surface area contributed by atoms with E-state index in [0.29, 0.717) is 0 Å². The van der Waals surface area contributed by atoms with E-state index in [-0.39, 0.29) is 0 Å². The first-order chi connectivity index (χ1) is 10.8. The van der Waals surface area contributed by atoms with E-state index in [1.54, 1.807) is 12.5 Å². The van der Waals surface area contributed by atoms with Gasteiger partial charge in [-0.05, 0) is 29.7 Å². The Kier molecular flexibility index (Phi) is 3.04. The molecule has 3 nitrogen and oxygen atoms in total. The van der Waals surface area contributed by atoms with Crippen LogP contribution in [-0.4, -0.2) is 9.97 Å². The van der Waals surface area contributed by atoms with Gasteiger partial charge in [0.15, 0.2) is 0 Å². The Bertz CT molecular complexity index is 902. The number of hydrogen-bond donors (Lipinski definition) is 1. The summed E-state index contributed by atoms with van der Waals surface area (Å²) in [4.78, 5) is 7.77. The smallest absolute Gasteiger partial charge is 0.137 e. The first-order valence-electron chi connectivity index (χ1n) is 7.44. The van der Waals surface area contributed by atoms with Crippen LogP contribution in [0, 0.1) is 0 Å². The molecule has 0 spiro atoms. The van der Waals surface area contributed by atoms with Crippen LogP contribution in [0.15, 0.2) is 65.7 Å². The van der Waals surface area contributed by atoms with Crippen molar-refractivity contribution in [3.8, 4) is 22.3 Å². The van der Waals surface area contributed by atoms with Gasteiger partial charge >= 0.3 is 0 Å². The molecule has 3 heteroatoms. The van der Waals surface area contributed by atoms with Crippen molar-refractivity contribution in [2.24, 2.45) is 0 Å². The first kappa shape index (κ1) is 12.9. The fourth-order valence-electron chi connectivity index (χ4n) is 2.75. The lowest BCUT2D eigenvalue weighted by Gasteiger charge is -2.04. The van der Waals surface area contributed by atoms with E-state index >= 15 is 0 Å². The van der Waals surface area contributed by atoms with Gasteiger partial charge in [-0.1, -0.05) is 31.2 Å². The minimum Gasteiger partial charge on any atom is -0.472 e. The number of benzene rings is 1. The van der Waals surface area contributed by atoms with Gasteiger partial charge < -0.3 is 9.40 Å². The summed E-state index contributed by atoms with van der Waals surface area (Å²) < 4.78 is 5.19. The molecule has 1 N–H and O–H groups in total. The zero-order chi connectivity index (χ0) is 14.9. The van der Waals surface area contributed by atoms with Crippen molar-refractivity contribution >= 4 is 11.0 Å². The van der Waals surface area contributed by atoms with Gasteiger partial charge in [0.2, 0.25) is 0 Å². The number of nitrogens with one attached hydrogen (secondary N) is 1. The van der Waals surface area contributed by atoms with Crippen LogP contribution in [0.4, 0.5) is 0 Å². The minimum absolute atomic E-state index is 0.894. The summed E-state index contributed by atoms with van der Waals surface area (Å²) in [5.74, 6) is 0. The Balaban J connectivity index is 1.83. The number of aryl methyl sites for hydroxylation is 1. The lowest BCUT2D eigenvalue weighted by atomic mass is 10.0. The third-order valence-electron chi connectivity index (χ3n) is 4.06. The highest BCUT2D eigenvalue weighted by Gasteiger charge is 2.09. The van der Waals surface area contributed by atoms with Crippen LogP contribution < -0.4 is 0 Å². The van der Waals surface area contributed by atoms with Crippen molar-refractivity contribution in [3.05, 3.63) is 66.9 Å². The molecule has 22 heavy (non-hydrogen) atoms. The van der Waals surface area contributed by atoms with Crippen molar-refractivity contribution in [1.82, 2.24) is 9.97 Å². The molecule has 4 rings (SSSR count). The van der Waals surface area contributed by atoms with E-state index in [4.69, 9.17) is 4.42 Å². The summed E-state index contributed by atoms with van der Waals surface area (Å²) >= 11 is 0. The SMILES string of the molecule is CCc1ccc(-c2cnc3[nH]cc(-c4ccoc4)c3c2)cc1. The number of aromatic nitrogens is 2. The molecule has 0 atom stereocenters. The number of rotatable bonds is 3. The van der Waals surface area contributed by atoms with Crippen molar-refractivity contribution in [2.75, 3.05) is 0 Å². The second-order valence-corrected chi connectivity index (χ2v) is 5.39. The molecule has 0 unspecified atom stereocenters. The molecule has 3 heterocycles. The van der Waals surface area contributed by atoms with Gasteiger partial charge in [-0.2, -0.15) is 0 Å². The summed E-state index contributed by atoms with van der Waals surface area (Å²) in [6, 6.07) is 12.8. The number of H-pyrrole nitrogens is 1. The number of nitrogens with zero attached hydrogens (tertiary/aromatic N) is 1. The molecule has 1 aromatic carbocycles. The number of furan rings is 1. The number of aromatic amines is 1. The van der Waals surface area contributed by atoms with E-state index < -0.39 is 0 Å². The maximum absolute atomic E-state index is 5.19. The van der Waals surface area contributed by atoms with E-state index in [1.807, 2.05) is 18.5 Å². The van der Waals surface area contributed by atoms with Gasteiger partial charge in [0.25, 0.3) is 0 Å². The largest absolute Gasteiger partial charge is 0.472 e. The molecule has 0 aliphatic heterocycles. The maximum Gasteiger partial charge on any atom is 0.137 e. The Morgan fingerprint density at radius 2 is 1.91 bits per heavy atom. The van der Waals surface area contributed by atoms with E-state index in [2.05, 4.69) is 47.2 Å². The van der Waals surface area contributed by atoms with Crippen LogP contribution in [-0.2, 0) is 6.42 Å². The van der Waals surface area contributed by atoms with Crippen LogP contribution in [0.1, 0.15) is 12.5 Å². The quantitative estimate of drug-likeness (QED) is 0.573. The van der Waals surface area contributed by atoms with Gasteiger partial charge in [0.1, 0.15) is 5.65 Å². The molecule has 4 aromatic rings.